The Labute approximate surface area is 75.7 Å². The SMILES string of the molecule is CCOCC(=O)Nc1n[nH]c(C)n1. The summed E-state index contributed by atoms with van der Waals surface area (Å²) in [4.78, 5) is 15.0. The number of amides is 1. The van der Waals surface area contributed by atoms with Crippen LogP contribution >= 0.6 is 0 Å². The number of hydrogen-bond acceptors (Lipinski definition) is 4. The van der Waals surface area contributed by atoms with Gasteiger partial charge < -0.3 is 4.74 Å². The molecule has 13 heavy (non-hydrogen) atoms. The number of aromatic amines is 1. The zero-order valence-electron chi connectivity index (χ0n) is 7.63. The predicted molar refractivity (Wildman–Crippen MR) is 46.2 cm³/mol. The van der Waals surface area contributed by atoms with Gasteiger partial charge in [-0.2, -0.15) is 4.98 Å². The van der Waals surface area contributed by atoms with E-state index in [9.17, 15) is 4.79 Å². The number of aromatic nitrogens is 3. The highest BCUT2D eigenvalue weighted by atomic mass is 16.5. The highest BCUT2D eigenvalue weighted by Gasteiger charge is 2.04. The largest absolute Gasteiger partial charge is 0.372 e. The summed E-state index contributed by atoms with van der Waals surface area (Å²) in [6, 6.07) is 0. The molecular weight excluding hydrogens is 172 g/mol. The molecule has 0 bridgehead atoms. The van der Waals surface area contributed by atoms with Crippen LogP contribution in [0.15, 0.2) is 0 Å². The van der Waals surface area contributed by atoms with E-state index in [4.69, 9.17) is 4.74 Å². The molecule has 1 heterocycles. The van der Waals surface area contributed by atoms with Crippen LogP contribution in [-0.2, 0) is 9.53 Å². The number of carbonyl (C=O) groups is 1. The normalized spacial score (nSPS) is 10.0. The second kappa shape index (κ2) is 4.56. The van der Waals surface area contributed by atoms with Crippen LogP contribution in [0.5, 0.6) is 0 Å². The summed E-state index contributed by atoms with van der Waals surface area (Å²) < 4.78 is 4.90. The number of nitrogens with zero attached hydrogens (tertiary/aromatic N) is 2. The highest BCUT2D eigenvalue weighted by Crippen LogP contribution is 1.96. The first-order valence-electron chi connectivity index (χ1n) is 3.99. The molecule has 6 heteroatoms. The molecule has 2 N–H and O–H groups in total. The molecule has 0 aliphatic rings. The van der Waals surface area contributed by atoms with E-state index in [0.29, 0.717) is 12.4 Å². The molecule has 0 radical (unpaired) electrons. The van der Waals surface area contributed by atoms with Crippen molar-refractivity contribution in [2.75, 3.05) is 18.5 Å². The molecular formula is C7H12N4O2. The summed E-state index contributed by atoms with van der Waals surface area (Å²) in [6.45, 7) is 4.12. The molecule has 1 amide bonds. The van der Waals surface area contributed by atoms with Gasteiger partial charge in [0.2, 0.25) is 5.95 Å². The van der Waals surface area contributed by atoms with E-state index in [2.05, 4.69) is 20.5 Å². The van der Waals surface area contributed by atoms with E-state index in [0.717, 1.165) is 0 Å². The van der Waals surface area contributed by atoms with Gasteiger partial charge >= 0.3 is 0 Å². The van der Waals surface area contributed by atoms with Crippen molar-refractivity contribution in [1.29, 1.82) is 0 Å². The molecule has 0 atom stereocenters. The minimum absolute atomic E-state index is 0.0318. The quantitative estimate of drug-likeness (QED) is 0.694. The third-order valence-corrected chi connectivity index (χ3v) is 1.29. The Balaban J connectivity index is 2.36. The molecule has 0 saturated carbocycles. The lowest BCUT2D eigenvalue weighted by Crippen LogP contribution is -2.18. The Morgan fingerprint density at radius 2 is 2.46 bits per heavy atom. The van der Waals surface area contributed by atoms with Gasteiger partial charge in [-0.1, -0.05) is 0 Å². The summed E-state index contributed by atoms with van der Waals surface area (Å²) in [5.41, 5.74) is 0. The maximum atomic E-state index is 11.1. The number of carbonyl (C=O) groups excluding carboxylic acids is 1. The molecule has 6 nitrogen and oxygen atoms in total. The number of nitrogens with one attached hydrogen (secondary N) is 2. The van der Waals surface area contributed by atoms with Crippen LogP contribution in [0.1, 0.15) is 12.7 Å². The van der Waals surface area contributed by atoms with Gasteiger partial charge in [0.15, 0.2) is 0 Å². The third-order valence-electron chi connectivity index (χ3n) is 1.29. The first-order chi connectivity index (χ1) is 6.22. The van der Waals surface area contributed by atoms with Crippen molar-refractivity contribution in [1.82, 2.24) is 15.2 Å². The van der Waals surface area contributed by atoms with Gasteiger partial charge in [-0.3, -0.25) is 15.2 Å². The smallest absolute Gasteiger partial charge is 0.252 e. The average Bonchev–Trinajstić information content (AvgIpc) is 2.48. The Bertz CT molecular complexity index is 284. The Kier molecular flexibility index (Phi) is 3.39. The Hall–Kier alpha value is -1.43. The van der Waals surface area contributed by atoms with Gasteiger partial charge in [0.25, 0.3) is 5.91 Å². The van der Waals surface area contributed by atoms with Gasteiger partial charge in [0.1, 0.15) is 12.4 Å². The zero-order valence-corrected chi connectivity index (χ0v) is 7.63. The molecule has 1 aromatic heterocycles. The highest BCUT2D eigenvalue weighted by molar-refractivity contribution is 5.89. The molecule has 0 spiro atoms. The molecule has 72 valence electrons. The topological polar surface area (TPSA) is 79.9 Å². The minimum atomic E-state index is -0.249. The first-order valence-corrected chi connectivity index (χ1v) is 3.99. The number of ether oxygens (including phenoxy) is 1. The maximum Gasteiger partial charge on any atom is 0.252 e. The van der Waals surface area contributed by atoms with Gasteiger partial charge in [0, 0.05) is 6.61 Å². The van der Waals surface area contributed by atoms with Crippen LogP contribution in [-0.4, -0.2) is 34.3 Å². The number of H-pyrrole nitrogens is 1. The van der Waals surface area contributed by atoms with Crippen molar-refractivity contribution < 1.29 is 9.53 Å². The predicted octanol–water partition coefficient (Wildman–Crippen LogP) is 0.0881. The van der Waals surface area contributed by atoms with Crippen molar-refractivity contribution in [3.05, 3.63) is 5.82 Å². The lowest BCUT2D eigenvalue weighted by molar-refractivity contribution is -0.120. The lowest BCUT2D eigenvalue weighted by atomic mass is 10.6. The van der Waals surface area contributed by atoms with Crippen molar-refractivity contribution in [2.45, 2.75) is 13.8 Å². The molecule has 1 aromatic rings. The van der Waals surface area contributed by atoms with Gasteiger partial charge in [-0.25, -0.2) is 0 Å². The molecule has 0 fully saturated rings. The maximum absolute atomic E-state index is 11.1. The van der Waals surface area contributed by atoms with Crippen LogP contribution in [0.3, 0.4) is 0 Å². The third kappa shape index (κ3) is 3.20. The van der Waals surface area contributed by atoms with Gasteiger partial charge in [-0.05, 0) is 13.8 Å². The molecule has 0 saturated heterocycles. The fourth-order valence-electron chi connectivity index (χ4n) is 0.754. The zero-order chi connectivity index (χ0) is 9.68. The second-order valence-electron chi connectivity index (χ2n) is 2.43. The Morgan fingerprint density at radius 3 is 3.00 bits per heavy atom. The molecule has 0 aliphatic heterocycles. The molecule has 0 unspecified atom stereocenters. The monoisotopic (exact) mass is 184 g/mol. The van der Waals surface area contributed by atoms with E-state index in [1.165, 1.54) is 0 Å². The van der Waals surface area contributed by atoms with Crippen molar-refractivity contribution in [3.8, 4) is 0 Å². The number of rotatable bonds is 4. The first kappa shape index (κ1) is 9.66. The van der Waals surface area contributed by atoms with Crippen LogP contribution in [0.2, 0.25) is 0 Å². The van der Waals surface area contributed by atoms with Crippen molar-refractivity contribution in [2.24, 2.45) is 0 Å². The van der Waals surface area contributed by atoms with E-state index in [1.807, 2.05) is 6.92 Å². The van der Waals surface area contributed by atoms with Crippen molar-refractivity contribution >= 4 is 11.9 Å². The van der Waals surface area contributed by atoms with E-state index < -0.39 is 0 Å². The van der Waals surface area contributed by atoms with E-state index >= 15 is 0 Å². The standard InChI is InChI=1S/C7H12N4O2/c1-3-13-4-6(12)9-7-8-5(2)10-11-7/h3-4H2,1-2H3,(H2,8,9,10,11,12). The van der Waals surface area contributed by atoms with Crippen LogP contribution in [0.25, 0.3) is 0 Å². The van der Waals surface area contributed by atoms with Crippen LogP contribution in [0, 0.1) is 6.92 Å². The van der Waals surface area contributed by atoms with Crippen LogP contribution in [0.4, 0.5) is 5.95 Å². The second-order valence-corrected chi connectivity index (χ2v) is 2.43. The summed E-state index contributed by atoms with van der Waals surface area (Å²) in [5.74, 6) is 0.690. The van der Waals surface area contributed by atoms with Gasteiger partial charge in [0.05, 0.1) is 0 Å². The fourth-order valence-corrected chi connectivity index (χ4v) is 0.754. The van der Waals surface area contributed by atoms with Crippen LogP contribution < -0.4 is 5.32 Å². The summed E-state index contributed by atoms with van der Waals surface area (Å²) in [5, 5.41) is 8.83. The summed E-state index contributed by atoms with van der Waals surface area (Å²) >= 11 is 0. The minimum Gasteiger partial charge on any atom is -0.372 e. The average molecular weight is 184 g/mol. The molecule has 1 rings (SSSR count). The van der Waals surface area contributed by atoms with E-state index in [-0.39, 0.29) is 18.5 Å². The molecule has 0 aliphatic carbocycles. The van der Waals surface area contributed by atoms with Gasteiger partial charge in [-0.15, -0.1) is 5.10 Å². The summed E-state index contributed by atoms with van der Waals surface area (Å²) in [6.07, 6.45) is 0. The van der Waals surface area contributed by atoms with E-state index in [1.54, 1.807) is 6.92 Å². The lowest BCUT2D eigenvalue weighted by Gasteiger charge is -1.99. The molecule has 0 aromatic carbocycles. The number of aryl methyl sites for hydroxylation is 1. The fraction of sp³-hybridized carbons (Fsp3) is 0.571. The Morgan fingerprint density at radius 1 is 1.69 bits per heavy atom. The summed E-state index contributed by atoms with van der Waals surface area (Å²) in [7, 11) is 0. The number of anilines is 1. The number of hydrogen-bond donors (Lipinski definition) is 2. The van der Waals surface area contributed by atoms with Crippen molar-refractivity contribution in [3.63, 3.8) is 0 Å².